The van der Waals surface area contributed by atoms with Crippen molar-refractivity contribution >= 4 is 24.5 Å². The van der Waals surface area contributed by atoms with Crippen molar-refractivity contribution in [1.29, 1.82) is 0 Å². The van der Waals surface area contributed by atoms with Gasteiger partial charge < -0.3 is 10.4 Å². The van der Waals surface area contributed by atoms with Crippen molar-refractivity contribution in [3.05, 3.63) is 0 Å². The molecule has 4 nitrogen and oxygen atoms in total. The Bertz CT molecular complexity index is 194. The number of aliphatic carboxylic acids is 1. The Morgan fingerprint density at radius 1 is 1.82 bits per heavy atom. The van der Waals surface area contributed by atoms with E-state index in [4.69, 9.17) is 5.11 Å². The third-order valence-electron chi connectivity index (χ3n) is 1.73. The lowest BCUT2D eigenvalue weighted by Crippen LogP contribution is -2.32. The molecule has 0 aromatic heterocycles. The number of nitrogens with one attached hydrogen (secondary N) is 1. The average molecular weight is 175 g/mol. The molecule has 1 saturated heterocycles. The van der Waals surface area contributed by atoms with Crippen LogP contribution in [0.3, 0.4) is 0 Å². The van der Waals surface area contributed by atoms with Crippen molar-refractivity contribution in [2.45, 2.75) is 12.5 Å². The number of carbonyl (C=O) groups is 2. The minimum Gasteiger partial charge on any atom is -0.480 e. The maximum atomic E-state index is 10.9. The first kappa shape index (κ1) is 8.39. The lowest BCUT2D eigenvalue weighted by atomic mass is 10.1. The molecule has 2 atom stereocenters. The van der Waals surface area contributed by atoms with E-state index in [1.54, 1.807) is 0 Å². The van der Waals surface area contributed by atoms with Crippen LogP contribution in [0.15, 0.2) is 0 Å². The fourth-order valence-corrected chi connectivity index (χ4v) is 1.37. The summed E-state index contributed by atoms with van der Waals surface area (Å²) in [5.41, 5.74) is 0. The zero-order valence-corrected chi connectivity index (χ0v) is 6.67. The molecule has 1 fully saturated rings. The first-order valence-corrected chi connectivity index (χ1v) is 3.92. The van der Waals surface area contributed by atoms with Crippen LogP contribution in [0, 0.1) is 5.92 Å². The molecule has 1 heterocycles. The van der Waals surface area contributed by atoms with Gasteiger partial charge in [0.15, 0.2) is 0 Å². The molecule has 0 bridgehead atoms. The van der Waals surface area contributed by atoms with Crippen molar-refractivity contribution in [3.8, 4) is 0 Å². The fraction of sp³-hybridized carbons (Fsp3) is 0.667. The third-order valence-corrected chi connectivity index (χ3v) is 2.17. The van der Waals surface area contributed by atoms with Gasteiger partial charge in [-0.25, -0.2) is 4.79 Å². The van der Waals surface area contributed by atoms with Crippen LogP contribution in [0.2, 0.25) is 0 Å². The van der Waals surface area contributed by atoms with Crippen LogP contribution < -0.4 is 5.32 Å². The minimum absolute atomic E-state index is 0.201. The summed E-state index contributed by atoms with van der Waals surface area (Å²) in [6.45, 7) is 0. The summed E-state index contributed by atoms with van der Waals surface area (Å²) in [5, 5.41) is 10.9. The molecule has 1 rings (SSSR count). The number of hydrogen-bond donors (Lipinski definition) is 3. The Balaban J connectivity index is 2.56. The average Bonchev–Trinajstić information content (AvgIpc) is 2.31. The third kappa shape index (κ3) is 1.65. The summed E-state index contributed by atoms with van der Waals surface area (Å²) >= 11 is 3.93. The molecule has 0 saturated carbocycles. The summed E-state index contributed by atoms with van der Waals surface area (Å²) in [6.07, 6.45) is 0.359. The second-order valence-electron chi connectivity index (χ2n) is 2.51. The molecule has 0 spiro atoms. The number of carboxylic acids is 1. The molecule has 62 valence electrons. The first-order valence-electron chi connectivity index (χ1n) is 3.29. The van der Waals surface area contributed by atoms with Crippen LogP contribution in [0.5, 0.6) is 0 Å². The van der Waals surface area contributed by atoms with Gasteiger partial charge in [0.2, 0.25) is 5.91 Å². The normalized spacial score (nSPS) is 30.1. The number of carboxylic acid groups (broad SMARTS) is 1. The molecule has 5 heteroatoms. The maximum Gasteiger partial charge on any atom is 0.326 e. The summed E-state index contributed by atoms with van der Waals surface area (Å²) < 4.78 is 0. The predicted molar refractivity (Wildman–Crippen MR) is 41.5 cm³/mol. The number of thiol groups is 1. The highest BCUT2D eigenvalue weighted by Gasteiger charge is 2.34. The van der Waals surface area contributed by atoms with Crippen molar-refractivity contribution in [2.24, 2.45) is 5.92 Å². The molecular formula is C6H9NO3S. The molecule has 0 aliphatic carbocycles. The van der Waals surface area contributed by atoms with E-state index < -0.39 is 12.0 Å². The fourth-order valence-electron chi connectivity index (χ4n) is 1.06. The van der Waals surface area contributed by atoms with Crippen LogP contribution in [0.1, 0.15) is 6.42 Å². The SMILES string of the molecule is O=C1N[C@H](C(=O)O)C[C@@H]1CS. The van der Waals surface area contributed by atoms with E-state index >= 15 is 0 Å². The lowest BCUT2D eigenvalue weighted by molar-refractivity contribution is -0.140. The Morgan fingerprint density at radius 2 is 2.45 bits per heavy atom. The molecule has 1 amide bonds. The number of amides is 1. The van der Waals surface area contributed by atoms with E-state index in [-0.39, 0.29) is 11.8 Å². The Kier molecular flexibility index (Phi) is 2.38. The number of hydrogen-bond acceptors (Lipinski definition) is 3. The van der Waals surface area contributed by atoms with Crippen molar-refractivity contribution in [1.82, 2.24) is 5.32 Å². The van der Waals surface area contributed by atoms with Crippen LogP contribution >= 0.6 is 12.6 Å². The van der Waals surface area contributed by atoms with Crippen LogP contribution in [-0.4, -0.2) is 28.8 Å². The van der Waals surface area contributed by atoms with Crippen molar-refractivity contribution in [3.63, 3.8) is 0 Å². The molecule has 0 unspecified atom stereocenters. The van der Waals surface area contributed by atoms with Gasteiger partial charge in [-0.1, -0.05) is 0 Å². The van der Waals surface area contributed by atoms with E-state index in [0.29, 0.717) is 12.2 Å². The highest BCUT2D eigenvalue weighted by atomic mass is 32.1. The summed E-state index contributed by atoms with van der Waals surface area (Å²) in [4.78, 5) is 21.3. The monoisotopic (exact) mass is 175 g/mol. The zero-order valence-electron chi connectivity index (χ0n) is 5.78. The molecule has 0 aromatic carbocycles. The Morgan fingerprint density at radius 3 is 2.73 bits per heavy atom. The van der Waals surface area contributed by atoms with Gasteiger partial charge in [-0.05, 0) is 6.42 Å². The molecule has 1 aliphatic heterocycles. The first-order chi connectivity index (χ1) is 5.15. The summed E-state index contributed by atoms with van der Waals surface area (Å²) in [5.74, 6) is -0.996. The smallest absolute Gasteiger partial charge is 0.326 e. The molecule has 0 aromatic rings. The Hall–Kier alpha value is -0.710. The second kappa shape index (κ2) is 3.13. The van der Waals surface area contributed by atoms with Crippen molar-refractivity contribution < 1.29 is 14.7 Å². The van der Waals surface area contributed by atoms with E-state index in [1.165, 1.54) is 0 Å². The molecule has 11 heavy (non-hydrogen) atoms. The van der Waals surface area contributed by atoms with Crippen molar-refractivity contribution in [2.75, 3.05) is 5.75 Å². The second-order valence-corrected chi connectivity index (χ2v) is 2.88. The van der Waals surface area contributed by atoms with E-state index in [1.807, 2.05) is 0 Å². The van der Waals surface area contributed by atoms with Gasteiger partial charge in [0.1, 0.15) is 6.04 Å². The van der Waals surface area contributed by atoms with E-state index in [9.17, 15) is 9.59 Å². The van der Waals surface area contributed by atoms with Gasteiger partial charge >= 0.3 is 5.97 Å². The molecule has 2 N–H and O–H groups in total. The number of carbonyl (C=O) groups excluding carboxylic acids is 1. The number of rotatable bonds is 2. The minimum atomic E-state index is -0.970. The van der Waals surface area contributed by atoms with E-state index in [2.05, 4.69) is 17.9 Å². The zero-order chi connectivity index (χ0) is 8.43. The Labute approximate surface area is 69.4 Å². The lowest BCUT2D eigenvalue weighted by Gasteiger charge is -2.00. The van der Waals surface area contributed by atoms with Gasteiger partial charge in [-0.15, -0.1) is 0 Å². The molecular weight excluding hydrogens is 166 g/mol. The van der Waals surface area contributed by atoms with Crippen LogP contribution in [0.25, 0.3) is 0 Å². The van der Waals surface area contributed by atoms with Gasteiger partial charge in [0.05, 0.1) is 0 Å². The molecule has 1 aliphatic rings. The van der Waals surface area contributed by atoms with Gasteiger partial charge in [-0.2, -0.15) is 12.6 Å². The highest BCUT2D eigenvalue weighted by Crippen LogP contribution is 2.16. The molecule has 0 radical (unpaired) electrons. The van der Waals surface area contributed by atoms with Gasteiger partial charge in [-0.3, -0.25) is 4.79 Å². The van der Waals surface area contributed by atoms with E-state index in [0.717, 1.165) is 0 Å². The van der Waals surface area contributed by atoms with Gasteiger partial charge in [0, 0.05) is 11.7 Å². The quantitative estimate of drug-likeness (QED) is 0.496. The summed E-state index contributed by atoms with van der Waals surface area (Å²) in [7, 11) is 0. The topological polar surface area (TPSA) is 66.4 Å². The largest absolute Gasteiger partial charge is 0.480 e. The standard InChI is InChI=1S/C6H9NO3S/c8-5-3(2-11)1-4(7-5)6(9)10/h3-4,11H,1-2H2,(H,7,8)(H,9,10)/t3-,4+/m1/s1. The summed E-state index contributed by atoms with van der Waals surface area (Å²) in [6, 6.07) is -0.709. The van der Waals surface area contributed by atoms with Crippen LogP contribution in [-0.2, 0) is 9.59 Å². The van der Waals surface area contributed by atoms with Gasteiger partial charge in [0.25, 0.3) is 0 Å². The highest BCUT2D eigenvalue weighted by molar-refractivity contribution is 7.80. The maximum absolute atomic E-state index is 10.9. The van der Waals surface area contributed by atoms with Crippen LogP contribution in [0.4, 0.5) is 0 Å². The predicted octanol–water partition coefficient (Wildman–Crippen LogP) is -0.495.